The van der Waals surface area contributed by atoms with E-state index in [1.165, 1.54) is 0 Å². The number of allylic oxidation sites excluding steroid dienone is 1. The number of thioether (sulfide) groups is 1. The number of aliphatic hydroxyl groups excluding tert-OH is 1. The van der Waals surface area contributed by atoms with Crippen LogP contribution in [0.1, 0.15) is 57.8 Å². The maximum atomic E-state index is 14.4. The second-order valence-corrected chi connectivity index (χ2v) is 13.3. The lowest BCUT2D eigenvalue weighted by atomic mass is 9.71. The number of rotatable bonds is 18. The van der Waals surface area contributed by atoms with Gasteiger partial charge in [-0.05, 0) is 44.9 Å². The van der Waals surface area contributed by atoms with Crippen molar-refractivity contribution in [1.82, 2.24) is 14.7 Å². The molecule has 4 saturated heterocycles. The summed E-state index contributed by atoms with van der Waals surface area (Å²) in [5.41, 5.74) is 0. The van der Waals surface area contributed by atoms with Crippen LogP contribution < -0.4 is 0 Å². The summed E-state index contributed by atoms with van der Waals surface area (Å²) in [6.07, 6.45) is 11.0. The highest BCUT2D eigenvalue weighted by Gasteiger charge is 2.74. The van der Waals surface area contributed by atoms with E-state index in [9.17, 15) is 19.5 Å². The van der Waals surface area contributed by atoms with Crippen LogP contribution >= 0.6 is 11.8 Å². The molecule has 0 saturated carbocycles. The predicted molar refractivity (Wildman–Crippen MR) is 160 cm³/mol. The van der Waals surface area contributed by atoms with Crippen molar-refractivity contribution in [2.75, 3.05) is 65.7 Å². The van der Waals surface area contributed by atoms with Crippen molar-refractivity contribution in [3.8, 4) is 0 Å². The number of morpholine rings is 1. The Morgan fingerprint density at radius 1 is 1.10 bits per heavy atom. The van der Waals surface area contributed by atoms with Gasteiger partial charge in [0, 0.05) is 51.1 Å². The zero-order chi connectivity index (χ0) is 29.2. The van der Waals surface area contributed by atoms with Gasteiger partial charge in [0.1, 0.15) is 6.04 Å². The van der Waals surface area contributed by atoms with Crippen molar-refractivity contribution in [3.63, 3.8) is 0 Å². The summed E-state index contributed by atoms with van der Waals surface area (Å²) in [7, 11) is 0. The Hall–Kier alpha value is -1.88. The molecule has 1 N–H and O–H groups in total. The van der Waals surface area contributed by atoms with Gasteiger partial charge in [0.2, 0.25) is 11.8 Å². The quantitative estimate of drug-likeness (QED) is 0.148. The summed E-state index contributed by atoms with van der Waals surface area (Å²) in [5.74, 6) is -1.41. The summed E-state index contributed by atoms with van der Waals surface area (Å²) in [6, 6.07) is -0.595. The first-order chi connectivity index (χ1) is 20.0. The summed E-state index contributed by atoms with van der Waals surface area (Å²) in [6.45, 7) is 13.5. The smallest absolute Gasteiger partial charge is 0.310 e. The van der Waals surface area contributed by atoms with Gasteiger partial charge in [-0.25, -0.2) is 0 Å². The van der Waals surface area contributed by atoms with E-state index >= 15 is 0 Å². The number of ether oxygens (including phenoxy) is 2. The standard InChI is InChI=1S/C31H49N3O6S/c1-3-5-6-11-21-40-30(38)25-24-12-13-31(41-24)26(25)28(36)34(15-9-7-8-10-20-35)27(31)29(37)33(14-4-2)17-16-32-18-22-39-23-19-32/h3-4,24-27,35H,1-2,5-23H2/t24-,25+,26+,27?,31?/m1/s1. The Morgan fingerprint density at radius 3 is 2.61 bits per heavy atom. The number of aliphatic hydroxyl groups is 1. The first-order valence-corrected chi connectivity index (χ1v) is 16.4. The average Bonchev–Trinajstić information content (AvgIpc) is 3.62. The Bertz CT molecular complexity index is 928. The van der Waals surface area contributed by atoms with Gasteiger partial charge in [0.15, 0.2) is 0 Å². The number of hydrogen-bond donors (Lipinski definition) is 1. The monoisotopic (exact) mass is 591 g/mol. The summed E-state index contributed by atoms with van der Waals surface area (Å²) in [5, 5.41) is 9.18. The number of hydrogen-bond acceptors (Lipinski definition) is 8. The van der Waals surface area contributed by atoms with Crippen molar-refractivity contribution in [2.24, 2.45) is 11.8 Å². The normalized spacial score (nSPS) is 29.0. The zero-order valence-electron chi connectivity index (χ0n) is 24.6. The van der Waals surface area contributed by atoms with Crippen LogP contribution in [-0.4, -0.2) is 119 Å². The Morgan fingerprint density at radius 2 is 1.88 bits per heavy atom. The van der Waals surface area contributed by atoms with Crippen LogP contribution in [0.4, 0.5) is 0 Å². The van der Waals surface area contributed by atoms with Gasteiger partial charge in [-0.1, -0.05) is 25.0 Å². The molecule has 4 aliphatic heterocycles. The summed E-state index contributed by atoms with van der Waals surface area (Å²) < 4.78 is 10.6. The van der Waals surface area contributed by atoms with Crippen LogP contribution in [0.25, 0.3) is 0 Å². The Balaban J connectivity index is 1.53. The summed E-state index contributed by atoms with van der Waals surface area (Å²) in [4.78, 5) is 48.0. The number of carbonyl (C=O) groups is 3. The van der Waals surface area contributed by atoms with Crippen molar-refractivity contribution in [1.29, 1.82) is 0 Å². The van der Waals surface area contributed by atoms with Crippen molar-refractivity contribution < 1.29 is 29.0 Å². The minimum Gasteiger partial charge on any atom is -0.465 e. The molecule has 1 spiro atoms. The van der Waals surface area contributed by atoms with E-state index in [1.807, 2.05) is 11.0 Å². The van der Waals surface area contributed by atoms with Gasteiger partial charge in [-0.15, -0.1) is 24.9 Å². The molecule has 230 valence electrons. The largest absolute Gasteiger partial charge is 0.465 e. The number of carbonyl (C=O) groups excluding carboxylic acids is 3. The molecule has 2 amide bonds. The van der Waals surface area contributed by atoms with Gasteiger partial charge < -0.3 is 24.4 Å². The fourth-order valence-electron chi connectivity index (χ4n) is 7.06. The molecule has 0 aromatic heterocycles. The maximum Gasteiger partial charge on any atom is 0.310 e. The lowest BCUT2D eigenvalue weighted by Crippen LogP contribution is -2.56. The third-order valence-corrected chi connectivity index (χ3v) is 11.1. The predicted octanol–water partition coefficient (Wildman–Crippen LogP) is 2.88. The molecule has 0 aromatic rings. The minimum absolute atomic E-state index is 0.00725. The molecule has 5 atom stereocenters. The van der Waals surface area contributed by atoms with Crippen LogP contribution in [0.3, 0.4) is 0 Å². The fraction of sp³-hybridized carbons (Fsp3) is 0.774. The van der Waals surface area contributed by atoms with Crippen molar-refractivity contribution in [2.45, 2.75) is 73.8 Å². The first kappa shape index (κ1) is 32.0. The third-order valence-electron chi connectivity index (χ3n) is 9.11. The highest BCUT2D eigenvalue weighted by molar-refractivity contribution is 8.02. The molecule has 4 rings (SSSR count). The molecular weight excluding hydrogens is 542 g/mol. The van der Waals surface area contributed by atoms with Crippen LogP contribution in [0.2, 0.25) is 0 Å². The molecule has 4 aliphatic rings. The molecule has 41 heavy (non-hydrogen) atoms. The van der Waals surface area contributed by atoms with Gasteiger partial charge >= 0.3 is 5.97 Å². The molecule has 0 aliphatic carbocycles. The lowest BCUT2D eigenvalue weighted by Gasteiger charge is -2.38. The van der Waals surface area contributed by atoms with E-state index in [-0.39, 0.29) is 29.6 Å². The Kier molecular flexibility index (Phi) is 12.2. The zero-order valence-corrected chi connectivity index (χ0v) is 25.4. The van der Waals surface area contributed by atoms with E-state index in [0.29, 0.717) is 39.5 Å². The van der Waals surface area contributed by atoms with Crippen molar-refractivity contribution in [3.05, 3.63) is 25.3 Å². The number of unbranched alkanes of at least 4 members (excludes halogenated alkanes) is 5. The molecule has 9 nitrogen and oxygen atoms in total. The van der Waals surface area contributed by atoms with Gasteiger partial charge in [0.25, 0.3) is 0 Å². The molecule has 2 unspecified atom stereocenters. The van der Waals surface area contributed by atoms with Gasteiger partial charge in [-0.3, -0.25) is 19.3 Å². The van der Waals surface area contributed by atoms with Crippen LogP contribution in [0.15, 0.2) is 25.3 Å². The number of fused-ring (bicyclic) bond motifs is 1. The van der Waals surface area contributed by atoms with Crippen LogP contribution in [0, 0.1) is 11.8 Å². The van der Waals surface area contributed by atoms with E-state index in [4.69, 9.17) is 9.47 Å². The molecule has 0 radical (unpaired) electrons. The van der Waals surface area contributed by atoms with Crippen molar-refractivity contribution >= 4 is 29.5 Å². The highest BCUT2D eigenvalue weighted by Crippen LogP contribution is 2.66. The van der Waals surface area contributed by atoms with E-state index in [1.54, 1.807) is 22.7 Å². The van der Waals surface area contributed by atoms with Gasteiger partial charge in [-0.2, -0.15) is 0 Å². The molecule has 0 aromatic carbocycles. The number of esters is 1. The maximum absolute atomic E-state index is 14.4. The number of nitrogens with zero attached hydrogens (tertiary/aromatic N) is 3. The topological polar surface area (TPSA) is 99.6 Å². The third kappa shape index (κ3) is 7.20. The Labute approximate surface area is 249 Å². The summed E-state index contributed by atoms with van der Waals surface area (Å²) >= 11 is 1.70. The highest BCUT2D eigenvalue weighted by atomic mass is 32.2. The van der Waals surface area contributed by atoms with E-state index in [0.717, 1.165) is 77.4 Å². The lowest BCUT2D eigenvalue weighted by molar-refractivity contribution is -0.154. The fourth-order valence-corrected chi connectivity index (χ4v) is 9.26. The van der Waals surface area contributed by atoms with Gasteiger partial charge in [0.05, 0.1) is 36.4 Å². The minimum atomic E-state index is -0.602. The molecule has 10 heteroatoms. The second kappa shape index (κ2) is 15.5. The van der Waals surface area contributed by atoms with E-state index < -0.39 is 22.6 Å². The molecule has 4 fully saturated rings. The van der Waals surface area contributed by atoms with Crippen LogP contribution in [0.5, 0.6) is 0 Å². The molecular formula is C31H49N3O6S. The van der Waals surface area contributed by atoms with Crippen LogP contribution in [-0.2, 0) is 23.9 Å². The number of likely N-dealkylation sites (tertiary alicyclic amines) is 1. The number of amides is 2. The van der Waals surface area contributed by atoms with E-state index in [2.05, 4.69) is 18.1 Å². The average molecular weight is 592 g/mol. The first-order valence-electron chi connectivity index (χ1n) is 15.5. The SMILES string of the molecule is C=CCCCCOC(=O)[C@@H]1[C@H]2C(=O)N(CCCCCCO)C(C(=O)N(CC=C)CCN3CCOCC3)C23CC[C@H]1S3. The molecule has 4 heterocycles. The molecule has 2 bridgehead atoms. The second-order valence-electron chi connectivity index (χ2n) is 11.7.